The molecule has 4 rings (SSSR count). The van der Waals surface area contributed by atoms with Crippen LogP contribution in [0.25, 0.3) is 10.9 Å². The van der Waals surface area contributed by atoms with Gasteiger partial charge in [-0.05, 0) is 42.3 Å². The Hall–Kier alpha value is -3.54. The molecular weight excluding hydrogens is 447 g/mol. The van der Waals surface area contributed by atoms with Crippen LogP contribution in [-0.2, 0) is 22.1 Å². The van der Waals surface area contributed by atoms with Gasteiger partial charge in [-0.3, -0.25) is 4.98 Å². The lowest BCUT2D eigenvalue weighted by Crippen LogP contribution is -2.35. The number of carbonyl (C=O) groups is 1. The minimum Gasteiger partial charge on any atom is -0.305 e. The molecule has 2 amide bonds. The van der Waals surface area contributed by atoms with Crippen LogP contribution in [-0.4, -0.2) is 25.6 Å². The highest BCUT2D eigenvalue weighted by atomic mass is 32.2. The third kappa shape index (κ3) is 3.88. The number of pyridine rings is 1. The molecule has 0 saturated heterocycles. The van der Waals surface area contributed by atoms with Crippen molar-refractivity contribution in [2.75, 3.05) is 5.32 Å². The molecule has 12 heteroatoms. The number of sulfonamides is 1. The molecule has 3 aromatic rings. The molecular formula is C20H16F3N5O3S. The van der Waals surface area contributed by atoms with Crippen LogP contribution in [0.5, 0.6) is 0 Å². The molecule has 0 radical (unpaired) electrons. The second-order valence-electron chi connectivity index (χ2n) is 7.03. The van der Waals surface area contributed by atoms with Crippen LogP contribution in [0.15, 0.2) is 69.9 Å². The van der Waals surface area contributed by atoms with Gasteiger partial charge in [-0.2, -0.15) is 13.2 Å². The fourth-order valence-corrected chi connectivity index (χ4v) is 4.16. The van der Waals surface area contributed by atoms with E-state index in [1.165, 1.54) is 6.20 Å². The highest BCUT2D eigenvalue weighted by Crippen LogP contribution is 2.52. The Morgan fingerprint density at radius 3 is 2.50 bits per heavy atom. The van der Waals surface area contributed by atoms with E-state index in [1.54, 1.807) is 18.2 Å². The fraction of sp³-hybridized carbons (Fsp3) is 0.200. The number of alkyl halides is 3. The molecule has 0 spiro atoms. The average molecular weight is 463 g/mol. The first kappa shape index (κ1) is 21.7. The van der Waals surface area contributed by atoms with Gasteiger partial charge in [0.25, 0.3) is 10.0 Å². The maximum Gasteiger partial charge on any atom is 0.442 e. The number of fused-ring (bicyclic) bond motifs is 1. The minimum atomic E-state index is -4.81. The van der Waals surface area contributed by atoms with Crippen molar-refractivity contribution in [2.45, 2.75) is 30.1 Å². The lowest BCUT2D eigenvalue weighted by atomic mass is 10.0. The van der Waals surface area contributed by atoms with Gasteiger partial charge in [-0.1, -0.05) is 25.1 Å². The van der Waals surface area contributed by atoms with Crippen molar-refractivity contribution in [1.82, 2.24) is 9.71 Å². The zero-order valence-corrected chi connectivity index (χ0v) is 17.3. The predicted molar refractivity (Wildman–Crippen MR) is 109 cm³/mol. The van der Waals surface area contributed by atoms with Gasteiger partial charge >= 0.3 is 17.9 Å². The Labute approximate surface area is 180 Å². The van der Waals surface area contributed by atoms with E-state index in [2.05, 4.69) is 20.5 Å². The van der Waals surface area contributed by atoms with Gasteiger partial charge < -0.3 is 5.32 Å². The summed E-state index contributed by atoms with van der Waals surface area (Å²) in [7, 11) is -4.48. The third-order valence-electron chi connectivity index (χ3n) is 4.89. The number of anilines is 1. The van der Waals surface area contributed by atoms with Crippen LogP contribution >= 0.6 is 0 Å². The Morgan fingerprint density at radius 2 is 1.84 bits per heavy atom. The summed E-state index contributed by atoms with van der Waals surface area (Å²) in [5.41, 5.74) is -1.58. The van der Waals surface area contributed by atoms with Gasteiger partial charge in [0.1, 0.15) is 0 Å². The van der Waals surface area contributed by atoms with E-state index < -0.39 is 38.4 Å². The number of rotatable bonds is 5. The van der Waals surface area contributed by atoms with Crippen LogP contribution in [0.1, 0.15) is 18.1 Å². The molecule has 0 atom stereocenters. The number of nitrogens with zero attached hydrogens (tertiary/aromatic N) is 3. The van der Waals surface area contributed by atoms with Crippen LogP contribution in [0.3, 0.4) is 0 Å². The number of halogens is 3. The maximum atomic E-state index is 13.2. The molecule has 0 unspecified atom stereocenters. The van der Waals surface area contributed by atoms with E-state index in [0.717, 1.165) is 35.2 Å². The predicted octanol–water partition coefficient (Wildman–Crippen LogP) is 4.49. The van der Waals surface area contributed by atoms with E-state index in [4.69, 9.17) is 0 Å². The lowest BCUT2D eigenvalue weighted by molar-refractivity contribution is -0.166. The van der Waals surface area contributed by atoms with Gasteiger partial charge in [-0.25, -0.2) is 17.9 Å². The number of benzene rings is 2. The summed E-state index contributed by atoms with van der Waals surface area (Å²) >= 11 is 0. The minimum absolute atomic E-state index is 0.299. The summed E-state index contributed by atoms with van der Waals surface area (Å²) in [6, 6.07) is 10.1. The standard InChI is InChI=1S/C20H16F3N5O3S/c1-2-12-9-13-5-4-8-24-17(13)16(10-12)25-18(29)26-32(30,31)15-7-3-6-14(11-15)19(27-28-19)20(21,22)23/h3-11H,2H2,1H3,(H2,25,26,29). The quantitative estimate of drug-likeness (QED) is 0.580. The number of aromatic nitrogens is 1. The first-order valence-electron chi connectivity index (χ1n) is 9.38. The van der Waals surface area contributed by atoms with Crippen LogP contribution in [0.4, 0.5) is 23.7 Å². The second-order valence-corrected chi connectivity index (χ2v) is 8.71. The Balaban J connectivity index is 1.58. The SMILES string of the molecule is CCc1cc(NC(=O)NS(=O)(=O)c2cccc(C3(C(F)(F)F)N=N3)c2)c2ncccc2c1. The number of aryl methyl sites for hydroxylation is 1. The number of amides is 2. The molecule has 2 heterocycles. The zero-order chi connectivity index (χ0) is 23.1. The molecule has 1 aromatic heterocycles. The summed E-state index contributed by atoms with van der Waals surface area (Å²) < 4.78 is 66.8. The number of nitrogens with one attached hydrogen (secondary N) is 2. The molecule has 8 nitrogen and oxygen atoms in total. The van der Waals surface area contributed by atoms with Crippen molar-refractivity contribution in [3.8, 4) is 0 Å². The van der Waals surface area contributed by atoms with E-state index >= 15 is 0 Å². The van der Waals surface area contributed by atoms with Crippen molar-refractivity contribution in [1.29, 1.82) is 0 Å². The van der Waals surface area contributed by atoms with Crippen molar-refractivity contribution < 1.29 is 26.4 Å². The van der Waals surface area contributed by atoms with E-state index in [-0.39, 0.29) is 0 Å². The van der Waals surface area contributed by atoms with Crippen molar-refractivity contribution in [3.05, 3.63) is 65.9 Å². The number of urea groups is 1. The normalized spacial score (nSPS) is 14.9. The molecule has 1 aliphatic rings. The monoisotopic (exact) mass is 463 g/mol. The summed E-state index contributed by atoms with van der Waals surface area (Å²) in [6.07, 6.45) is -2.61. The molecule has 166 valence electrons. The summed E-state index contributed by atoms with van der Waals surface area (Å²) in [5, 5.41) is 9.33. The largest absolute Gasteiger partial charge is 0.442 e. The summed E-state index contributed by atoms with van der Waals surface area (Å²) in [4.78, 5) is 16.1. The lowest BCUT2D eigenvalue weighted by Gasteiger charge is -2.16. The van der Waals surface area contributed by atoms with Crippen LogP contribution < -0.4 is 10.0 Å². The van der Waals surface area contributed by atoms with Gasteiger partial charge in [0.05, 0.1) is 16.1 Å². The first-order chi connectivity index (χ1) is 15.1. The number of carbonyl (C=O) groups excluding carboxylic acids is 1. The Morgan fingerprint density at radius 1 is 1.09 bits per heavy atom. The third-order valence-corrected chi connectivity index (χ3v) is 6.22. The summed E-state index contributed by atoms with van der Waals surface area (Å²) in [5.74, 6) is 0. The smallest absolute Gasteiger partial charge is 0.305 e. The summed E-state index contributed by atoms with van der Waals surface area (Å²) in [6.45, 7) is 1.92. The Bertz CT molecular complexity index is 1350. The van der Waals surface area contributed by atoms with Crippen LogP contribution in [0, 0.1) is 0 Å². The Kier molecular flexibility index (Phi) is 5.12. The molecule has 0 saturated carbocycles. The molecule has 2 N–H and O–H groups in total. The maximum absolute atomic E-state index is 13.2. The highest BCUT2D eigenvalue weighted by molar-refractivity contribution is 7.90. The topological polar surface area (TPSA) is 113 Å². The van der Waals surface area contributed by atoms with Crippen molar-refractivity contribution >= 4 is 32.6 Å². The van der Waals surface area contributed by atoms with Crippen molar-refractivity contribution in [3.63, 3.8) is 0 Å². The number of hydrogen-bond acceptors (Lipinski definition) is 6. The molecule has 0 bridgehead atoms. The first-order valence-corrected chi connectivity index (χ1v) is 10.9. The zero-order valence-electron chi connectivity index (χ0n) is 16.5. The van der Waals surface area contributed by atoms with E-state index in [9.17, 15) is 26.4 Å². The number of hydrogen-bond donors (Lipinski definition) is 2. The van der Waals surface area contributed by atoms with Gasteiger partial charge in [-0.15, -0.1) is 10.2 Å². The molecule has 1 aliphatic heterocycles. The molecule has 0 fully saturated rings. The van der Waals surface area contributed by atoms with Gasteiger partial charge in [0.15, 0.2) is 0 Å². The van der Waals surface area contributed by atoms with E-state index in [0.29, 0.717) is 17.6 Å². The molecule has 0 aliphatic carbocycles. The fourth-order valence-electron chi connectivity index (χ4n) is 3.21. The van der Waals surface area contributed by atoms with Crippen molar-refractivity contribution in [2.24, 2.45) is 10.2 Å². The second kappa shape index (κ2) is 7.55. The van der Waals surface area contributed by atoms with Gasteiger partial charge in [0.2, 0.25) is 0 Å². The molecule has 2 aromatic carbocycles. The average Bonchev–Trinajstić information content (AvgIpc) is 3.55. The van der Waals surface area contributed by atoms with E-state index in [1.807, 2.05) is 17.7 Å². The van der Waals surface area contributed by atoms with Crippen LogP contribution in [0.2, 0.25) is 0 Å². The highest BCUT2D eigenvalue weighted by Gasteiger charge is 2.65. The van der Waals surface area contributed by atoms with Gasteiger partial charge in [0, 0.05) is 17.1 Å². The molecule has 32 heavy (non-hydrogen) atoms.